The van der Waals surface area contributed by atoms with Gasteiger partial charge in [-0.25, -0.2) is 4.57 Å². The van der Waals surface area contributed by atoms with Crippen molar-refractivity contribution in [3.8, 4) is 0 Å². The first-order valence-electron chi connectivity index (χ1n) is 10.3. The van der Waals surface area contributed by atoms with Crippen molar-refractivity contribution in [2.75, 3.05) is 19.8 Å². The number of hydrogen-bond donors (Lipinski definition) is 5. The maximum Gasteiger partial charge on any atom is 0.470 e. The Balaban J connectivity index is 2.15. The lowest BCUT2D eigenvalue weighted by Gasteiger charge is -2.45. The molecule has 2 fully saturated rings. The number of ether oxygens (including phenoxy) is 1. The highest BCUT2D eigenvalue weighted by Gasteiger charge is 2.51. The number of halogens is 1. The smallest absolute Gasteiger partial charge is 0.388 e. The molecule has 10 nitrogen and oxygen atoms in total. The molecule has 0 aromatic heterocycles. The molecule has 0 saturated carbocycles. The molecule has 2 aliphatic rings. The number of rotatable bonds is 9. The summed E-state index contributed by atoms with van der Waals surface area (Å²) >= 11 is 7.38. The van der Waals surface area contributed by atoms with Gasteiger partial charge in [0.1, 0.15) is 29.9 Å². The number of likely N-dealkylation sites (tertiary alicyclic amines) is 1. The van der Waals surface area contributed by atoms with Crippen LogP contribution in [0.2, 0.25) is 0 Å². The molecule has 0 aliphatic carbocycles. The van der Waals surface area contributed by atoms with Crippen LogP contribution in [0.5, 0.6) is 0 Å². The summed E-state index contributed by atoms with van der Waals surface area (Å²) in [5.74, 6) is 0.195. The van der Waals surface area contributed by atoms with Crippen molar-refractivity contribution < 1.29 is 38.6 Å². The van der Waals surface area contributed by atoms with E-state index < -0.39 is 49.1 Å². The van der Waals surface area contributed by atoms with Crippen LogP contribution in [0.3, 0.4) is 0 Å². The Bertz CT molecular complexity index is 654. The fourth-order valence-corrected chi connectivity index (χ4v) is 5.93. The van der Waals surface area contributed by atoms with E-state index in [9.17, 15) is 19.6 Å². The Morgan fingerprint density at radius 2 is 2.03 bits per heavy atom. The average Bonchev–Trinajstić information content (AvgIpc) is 3.03. The number of phosphoric acid groups is 1. The Morgan fingerprint density at radius 1 is 1.39 bits per heavy atom. The molecule has 0 radical (unpaired) electrons. The highest BCUT2D eigenvalue weighted by Crippen LogP contribution is 2.43. The molecule has 2 rings (SSSR count). The van der Waals surface area contributed by atoms with Gasteiger partial charge in [-0.3, -0.25) is 14.2 Å². The largest absolute Gasteiger partial charge is 0.470 e. The summed E-state index contributed by atoms with van der Waals surface area (Å²) in [6.07, 6.45) is -1.37. The van der Waals surface area contributed by atoms with E-state index in [1.54, 1.807) is 13.2 Å². The standard InChI is InChI=1S/C18H34ClN2O8PS/c1-5-6-10-7-11(21(3)8-10)17(24)20-12(9(2)19)15-13(22)14(23)16(18(28-15)31-4)29-30(25,26)27/h9-16,18,22-23H,5-8H2,1-4H3,(H,20,24)(H2,25,26,27)/t9-,10+,11+,12+,13+,14-,15-,16+,18+/m0/s1. The number of aliphatic hydroxyl groups is 2. The number of thioether (sulfide) groups is 1. The van der Waals surface area contributed by atoms with Crippen LogP contribution in [0.4, 0.5) is 0 Å². The number of carbonyl (C=O) groups excluding carboxylic acids is 1. The number of likely N-dealkylation sites (N-methyl/N-ethyl adjacent to an activating group) is 1. The third-order valence-corrected chi connectivity index (χ3v) is 7.50. The molecule has 0 bridgehead atoms. The van der Waals surface area contributed by atoms with Crippen molar-refractivity contribution in [1.82, 2.24) is 10.2 Å². The second kappa shape index (κ2) is 11.5. The molecule has 2 saturated heterocycles. The molecule has 2 aliphatic heterocycles. The zero-order chi connectivity index (χ0) is 23.5. The zero-order valence-corrected chi connectivity index (χ0v) is 20.6. The predicted octanol–water partition coefficient (Wildman–Crippen LogP) is 0.506. The maximum atomic E-state index is 13.0. The molecular formula is C18H34ClN2O8PS. The van der Waals surface area contributed by atoms with Gasteiger partial charge in [-0.05, 0) is 39.0 Å². The van der Waals surface area contributed by atoms with Gasteiger partial charge in [0, 0.05) is 6.54 Å². The van der Waals surface area contributed by atoms with Crippen LogP contribution >= 0.6 is 31.2 Å². The Morgan fingerprint density at radius 3 is 2.55 bits per heavy atom. The Labute approximate surface area is 192 Å². The van der Waals surface area contributed by atoms with Crippen molar-refractivity contribution in [1.29, 1.82) is 0 Å². The van der Waals surface area contributed by atoms with E-state index in [1.165, 1.54) is 0 Å². The molecule has 0 aromatic rings. The van der Waals surface area contributed by atoms with E-state index in [4.69, 9.17) is 26.1 Å². The van der Waals surface area contributed by atoms with Gasteiger partial charge >= 0.3 is 7.82 Å². The van der Waals surface area contributed by atoms with Crippen molar-refractivity contribution in [3.63, 3.8) is 0 Å². The lowest BCUT2D eigenvalue weighted by molar-refractivity contribution is -0.201. The van der Waals surface area contributed by atoms with Gasteiger partial charge in [0.25, 0.3) is 0 Å². The first-order valence-corrected chi connectivity index (χ1v) is 13.6. The Hall–Kier alpha value is 0.0600. The number of nitrogens with zero attached hydrogens (tertiary/aromatic N) is 1. The van der Waals surface area contributed by atoms with E-state index in [-0.39, 0.29) is 11.9 Å². The maximum absolute atomic E-state index is 13.0. The number of nitrogens with one attached hydrogen (secondary N) is 1. The van der Waals surface area contributed by atoms with Crippen LogP contribution in [0.15, 0.2) is 0 Å². The fourth-order valence-electron chi connectivity index (χ4n) is 4.37. The van der Waals surface area contributed by atoms with Gasteiger partial charge in [0.2, 0.25) is 5.91 Å². The highest BCUT2D eigenvalue weighted by molar-refractivity contribution is 7.99. The van der Waals surface area contributed by atoms with Crippen molar-refractivity contribution in [2.45, 2.75) is 80.4 Å². The van der Waals surface area contributed by atoms with Crippen molar-refractivity contribution in [2.24, 2.45) is 5.92 Å². The van der Waals surface area contributed by atoms with E-state index >= 15 is 0 Å². The minimum absolute atomic E-state index is 0.238. The minimum atomic E-state index is -4.93. The zero-order valence-electron chi connectivity index (χ0n) is 18.1. The van der Waals surface area contributed by atoms with Gasteiger partial charge in [0.15, 0.2) is 0 Å². The summed E-state index contributed by atoms with van der Waals surface area (Å²) < 4.78 is 21.7. The number of hydrogen-bond acceptors (Lipinski definition) is 8. The molecule has 0 spiro atoms. The van der Waals surface area contributed by atoms with Gasteiger partial charge in [-0.1, -0.05) is 13.3 Å². The monoisotopic (exact) mass is 504 g/mol. The summed E-state index contributed by atoms with van der Waals surface area (Å²) in [4.78, 5) is 33.3. The number of amides is 1. The summed E-state index contributed by atoms with van der Waals surface area (Å²) in [6, 6.07) is -1.18. The number of aliphatic hydroxyl groups excluding tert-OH is 2. The molecule has 0 unspecified atom stereocenters. The van der Waals surface area contributed by atoms with Crippen molar-refractivity contribution >= 4 is 37.1 Å². The van der Waals surface area contributed by atoms with E-state index in [0.717, 1.165) is 37.6 Å². The third kappa shape index (κ3) is 7.02. The van der Waals surface area contributed by atoms with Gasteiger partial charge in [0.05, 0.1) is 17.5 Å². The minimum Gasteiger partial charge on any atom is -0.388 e. The first kappa shape index (κ1) is 27.3. The highest BCUT2D eigenvalue weighted by atomic mass is 35.5. The predicted molar refractivity (Wildman–Crippen MR) is 118 cm³/mol. The first-order chi connectivity index (χ1) is 14.4. The molecular weight excluding hydrogens is 471 g/mol. The molecule has 1 amide bonds. The van der Waals surface area contributed by atoms with Crippen molar-refractivity contribution in [3.05, 3.63) is 0 Å². The summed E-state index contributed by atoms with van der Waals surface area (Å²) in [6.45, 7) is 4.57. The molecule has 2 heterocycles. The van der Waals surface area contributed by atoms with Crippen LogP contribution in [0.25, 0.3) is 0 Å². The topological polar surface area (TPSA) is 149 Å². The summed E-state index contributed by atoms with van der Waals surface area (Å²) in [5.41, 5.74) is -0.992. The van der Waals surface area contributed by atoms with E-state index in [0.29, 0.717) is 5.92 Å². The fraction of sp³-hybridized carbons (Fsp3) is 0.944. The Kier molecular flexibility index (Phi) is 10.1. The molecule has 5 N–H and O–H groups in total. The van der Waals surface area contributed by atoms with Gasteiger partial charge in [-0.2, -0.15) is 0 Å². The lowest BCUT2D eigenvalue weighted by Crippen LogP contribution is -2.65. The van der Waals surface area contributed by atoms with Gasteiger partial charge < -0.3 is 30.1 Å². The molecule has 0 aromatic carbocycles. The third-order valence-electron chi connectivity index (χ3n) is 5.87. The lowest BCUT2D eigenvalue weighted by atomic mass is 9.92. The molecule has 13 heteroatoms. The van der Waals surface area contributed by atoms with Crippen LogP contribution in [0.1, 0.15) is 33.1 Å². The van der Waals surface area contributed by atoms with E-state index in [1.807, 2.05) is 11.9 Å². The second-order valence-corrected chi connectivity index (χ2v) is 11.1. The second-order valence-electron chi connectivity index (χ2n) is 8.30. The summed E-state index contributed by atoms with van der Waals surface area (Å²) in [7, 11) is -3.04. The molecule has 9 atom stereocenters. The molecule has 182 valence electrons. The number of carbonyl (C=O) groups is 1. The SMILES string of the molecule is CCC[C@@H]1C[C@H](C(=O)N[C@@H]([C@@H]2O[C@H](SC)[C@H](OP(=O)(O)O)[C@@H](O)[C@H]2O)[C@H](C)Cl)N(C)C1. The average molecular weight is 505 g/mol. The number of alkyl halides is 1. The van der Waals surface area contributed by atoms with Gasteiger partial charge in [-0.15, -0.1) is 23.4 Å². The quantitative estimate of drug-likeness (QED) is 0.222. The van der Waals surface area contributed by atoms with E-state index in [2.05, 4.69) is 16.8 Å². The molecule has 31 heavy (non-hydrogen) atoms. The number of phosphoric ester groups is 1. The van der Waals surface area contributed by atoms with Crippen LogP contribution < -0.4 is 5.32 Å². The van der Waals surface area contributed by atoms with Crippen LogP contribution in [-0.4, -0.2) is 98.0 Å². The summed E-state index contributed by atoms with van der Waals surface area (Å²) in [5, 5.41) is 23.4. The van der Waals surface area contributed by atoms with Crippen LogP contribution in [-0.2, 0) is 18.6 Å². The van der Waals surface area contributed by atoms with Crippen LogP contribution in [0, 0.1) is 5.92 Å². The normalized spacial score (nSPS) is 36.9.